The number of carbonyl (C=O) groups excluding carboxylic acids is 1. The van der Waals surface area contributed by atoms with Crippen LogP contribution in [0.3, 0.4) is 0 Å². The molecule has 4 rings (SSSR count). The van der Waals surface area contributed by atoms with E-state index in [0.29, 0.717) is 45.1 Å². The van der Waals surface area contributed by atoms with E-state index in [2.05, 4.69) is 4.98 Å². The second-order valence-corrected chi connectivity index (χ2v) is 9.84. The maximum Gasteiger partial charge on any atom is 0.266 e. The van der Waals surface area contributed by atoms with E-state index in [1.807, 2.05) is 19.1 Å². The van der Waals surface area contributed by atoms with Crippen molar-refractivity contribution < 1.29 is 19.4 Å². The topological polar surface area (TPSA) is 71.9 Å². The van der Waals surface area contributed by atoms with Gasteiger partial charge in [-0.2, -0.15) is 0 Å². The smallest absolute Gasteiger partial charge is 0.266 e. The number of rotatable bonds is 9. The SMILES string of the molecule is COc1ccc(C(O)CN(CC2CC2)C(=O)c2sc(C)nc2-c2ccc(Cl)cc2)cc1OC. The molecule has 1 unspecified atom stereocenters. The fourth-order valence-corrected chi connectivity index (χ4v) is 4.78. The number of aliphatic hydroxyl groups is 1. The lowest BCUT2D eigenvalue weighted by Gasteiger charge is -2.26. The number of nitrogens with zero attached hydrogens (tertiary/aromatic N) is 2. The third-order valence-electron chi connectivity index (χ3n) is 5.69. The molecule has 1 amide bonds. The van der Waals surface area contributed by atoms with Crippen LogP contribution in [0.4, 0.5) is 0 Å². The summed E-state index contributed by atoms with van der Waals surface area (Å²) in [7, 11) is 3.13. The molecule has 1 heterocycles. The molecule has 2 aromatic carbocycles. The number of halogens is 1. The Morgan fingerprint density at radius 2 is 1.88 bits per heavy atom. The highest BCUT2D eigenvalue weighted by Gasteiger charge is 2.31. The molecule has 1 aliphatic rings. The van der Waals surface area contributed by atoms with Crippen molar-refractivity contribution >= 4 is 28.8 Å². The molecule has 0 bridgehead atoms. The van der Waals surface area contributed by atoms with Crippen molar-refractivity contribution in [2.24, 2.45) is 5.92 Å². The molecule has 0 spiro atoms. The van der Waals surface area contributed by atoms with Crippen LogP contribution in [0, 0.1) is 12.8 Å². The number of methoxy groups -OCH3 is 2. The number of carbonyl (C=O) groups is 1. The maximum atomic E-state index is 13.7. The molecule has 33 heavy (non-hydrogen) atoms. The van der Waals surface area contributed by atoms with Crippen molar-refractivity contribution in [3.05, 3.63) is 62.9 Å². The number of aromatic nitrogens is 1. The lowest BCUT2D eigenvalue weighted by atomic mass is 10.1. The molecule has 1 aromatic heterocycles. The third kappa shape index (κ3) is 5.49. The lowest BCUT2D eigenvalue weighted by Crippen LogP contribution is -2.36. The zero-order valence-corrected chi connectivity index (χ0v) is 20.4. The van der Waals surface area contributed by atoms with Gasteiger partial charge in [0.05, 0.1) is 37.6 Å². The Labute approximate surface area is 202 Å². The monoisotopic (exact) mass is 486 g/mol. The normalized spacial score (nSPS) is 14.1. The Morgan fingerprint density at radius 3 is 2.52 bits per heavy atom. The highest BCUT2D eigenvalue weighted by molar-refractivity contribution is 7.14. The molecular formula is C25H27ClN2O4S. The fraction of sp³-hybridized carbons (Fsp3) is 0.360. The minimum absolute atomic E-state index is 0.114. The summed E-state index contributed by atoms with van der Waals surface area (Å²) in [6.07, 6.45) is 1.34. The van der Waals surface area contributed by atoms with E-state index in [0.717, 1.165) is 23.4 Å². The van der Waals surface area contributed by atoms with Gasteiger partial charge < -0.3 is 19.5 Å². The maximum absolute atomic E-state index is 13.7. The first-order valence-electron chi connectivity index (χ1n) is 10.8. The lowest BCUT2D eigenvalue weighted by molar-refractivity contribution is 0.0615. The summed E-state index contributed by atoms with van der Waals surface area (Å²) in [6.45, 7) is 2.69. The van der Waals surface area contributed by atoms with Gasteiger partial charge in [0.25, 0.3) is 5.91 Å². The molecule has 1 fully saturated rings. The number of aliphatic hydroxyl groups excluding tert-OH is 1. The second-order valence-electron chi connectivity index (χ2n) is 8.20. The Bertz CT molecular complexity index is 1130. The van der Waals surface area contributed by atoms with Crippen molar-refractivity contribution in [2.45, 2.75) is 25.9 Å². The van der Waals surface area contributed by atoms with Crippen molar-refractivity contribution in [2.75, 3.05) is 27.3 Å². The van der Waals surface area contributed by atoms with Crippen molar-refractivity contribution in [1.82, 2.24) is 9.88 Å². The van der Waals surface area contributed by atoms with Crippen LogP contribution in [0.15, 0.2) is 42.5 Å². The molecule has 8 heteroatoms. The van der Waals surface area contributed by atoms with Crippen LogP contribution in [0.1, 0.15) is 39.2 Å². The summed E-state index contributed by atoms with van der Waals surface area (Å²) >= 11 is 7.42. The van der Waals surface area contributed by atoms with Gasteiger partial charge >= 0.3 is 0 Å². The van der Waals surface area contributed by atoms with Crippen LogP contribution in [-0.4, -0.2) is 48.2 Å². The summed E-state index contributed by atoms with van der Waals surface area (Å²) in [5, 5.41) is 12.5. The first kappa shape index (κ1) is 23.5. The van der Waals surface area contributed by atoms with Crippen LogP contribution in [0.2, 0.25) is 5.02 Å². The number of hydrogen-bond acceptors (Lipinski definition) is 6. The van der Waals surface area contributed by atoms with Crippen LogP contribution < -0.4 is 9.47 Å². The van der Waals surface area contributed by atoms with E-state index in [9.17, 15) is 9.90 Å². The van der Waals surface area contributed by atoms with Crippen molar-refractivity contribution in [1.29, 1.82) is 0 Å². The van der Waals surface area contributed by atoms with E-state index < -0.39 is 6.10 Å². The van der Waals surface area contributed by atoms with Gasteiger partial charge in [0.2, 0.25) is 0 Å². The highest BCUT2D eigenvalue weighted by atomic mass is 35.5. The summed E-state index contributed by atoms with van der Waals surface area (Å²) in [4.78, 5) is 20.6. The Hall–Kier alpha value is -2.61. The number of aryl methyl sites for hydroxylation is 1. The predicted octanol–water partition coefficient (Wildman–Crippen LogP) is 5.37. The molecule has 0 aliphatic heterocycles. The largest absolute Gasteiger partial charge is 0.493 e. The Balaban J connectivity index is 1.61. The van der Waals surface area contributed by atoms with Gasteiger partial charge in [0.1, 0.15) is 4.88 Å². The molecule has 6 nitrogen and oxygen atoms in total. The number of thiazole rings is 1. The summed E-state index contributed by atoms with van der Waals surface area (Å²) in [5.41, 5.74) is 2.17. The van der Waals surface area contributed by atoms with Gasteiger partial charge in [-0.05, 0) is 55.5 Å². The summed E-state index contributed by atoms with van der Waals surface area (Å²) < 4.78 is 10.7. The molecule has 1 atom stereocenters. The molecule has 0 radical (unpaired) electrons. The molecule has 1 saturated carbocycles. The average molecular weight is 487 g/mol. The van der Waals surface area contributed by atoms with Crippen LogP contribution in [0.25, 0.3) is 11.3 Å². The molecule has 1 aliphatic carbocycles. The fourth-order valence-electron chi connectivity index (χ4n) is 3.75. The molecule has 1 N–H and O–H groups in total. The van der Waals surface area contributed by atoms with Crippen LogP contribution >= 0.6 is 22.9 Å². The quantitative estimate of drug-likeness (QED) is 0.440. The van der Waals surface area contributed by atoms with E-state index in [4.69, 9.17) is 21.1 Å². The third-order valence-corrected chi connectivity index (χ3v) is 6.91. The van der Waals surface area contributed by atoms with Gasteiger partial charge in [-0.3, -0.25) is 4.79 Å². The Morgan fingerprint density at radius 1 is 1.18 bits per heavy atom. The van der Waals surface area contributed by atoms with Crippen molar-refractivity contribution in [3.63, 3.8) is 0 Å². The van der Waals surface area contributed by atoms with Crippen LogP contribution in [-0.2, 0) is 0 Å². The van der Waals surface area contributed by atoms with E-state index in [1.165, 1.54) is 11.3 Å². The first-order chi connectivity index (χ1) is 15.9. The number of hydrogen-bond donors (Lipinski definition) is 1. The van der Waals surface area contributed by atoms with Crippen LogP contribution in [0.5, 0.6) is 11.5 Å². The average Bonchev–Trinajstić information content (AvgIpc) is 3.56. The number of benzene rings is 2. The summed E-state index contributed by atoms with van der Waals surface area (Å²) in [6, 6.07) is 12.6. The minimum atomic E-state index is -0.861. The summed E-state index contributed by atoms with van der Waals surface area (Å²) in [5.74, 6) is 1.49. The van der Waals surface area contributed by atoms with Gasteiger partial charge in [0, 0.05) is 17.1 Å². The second kappa shape index (κ2) is 10.1. The van der Waals surface area contributed by atoms with E-state index in [1.54, 1.807) is 49.5 Å². The van der Waals surface area contributed by atoms with Gasteiger partial charge in [0.15, 0.2) is 11.5 Å². The molecule has 3 aromatic rings. The van der Waals surface area contributed by atoms with Gasteiger partial charge in [-0.1, -0.05) is 29.8 Å². The number of amides is 1. The highest BCUT2D eigenvalue weighted by Crippen LogP contribution is 2.35. The minimum Gasteiger partial charge on any atom is -0.493 e. The molecule has 0 saturated heterocycles. The standard InChI is InChI=1S/C25H27ClN2O4S/c1-15-27-23(17-6-9-19(26)10-7-17)24(33-15)25(30)28(13-16-4-5-16)14-20(29)18-8-11-21(31-2)22(12-18)32-3/h6-12,16,20,29H,4-5,13-14H2,1-3H3. The van der Waals surface area contributed by atoms with Crippen molar-refractivity contribution in [3.8, 4) is 22.8 Å². The zero-order chi connectivity index (χ0) is 23.5. The van der Waals surface area contributed by atoms with Gasteiger partial charge in [-0.15, -0.1) is 11.3 Å². The zero-order valence-electron chi connectivity index (χ0n) is 18.9. The first-order valence-corrected chi connectivity index (χ1v) is 12.0. The van der Waals surface area contributed by atoms with E-state index >= 15 is 0 Å². The Kier molecular flexibility index (Phi) is 7.22. The number of ether oxygens (including phenoxy) is 2. The van der Waals surface area contributed by atoms with E-state index in [-0.39, 0.29) is 12.5 Å². The molecule has 174 valence electrons. The predicted molar refractivity (Wildman–Crippen MR) is 130 cm³/mol. The van der Waals surface area contributed by atoms with Gasteiger partial charge in [-0.25, -0.2) is 4.98 Å². The molecular weight excluding hydrogens is 460 g/mol.